The van der Waals surface area contributed by atoms with E-state index in [1.54, 1.807) is 12.4 Å². The highest BCUT2D eigenvalue weighted by atomic mass is 16.5. The Morgan fingerprint density at radius 2 is 2.00 bits per heavy atom. The van der Waals surface area contributed by atoms with Gasteiger partial charge in [0.1, 0.15) is 6.26 Å². The Morgan fingerprint density at radius 1 is 1.17 bits per heavy atom. The minimum absolute atomic E-state index is 0.193. The number of nitrogens with zero attached hydrogens (tertiary/aromatic N) is 5. The van der Waals surface area contributed by atoms with Gasteiger partial charge in [-0.2, -0.15) is 0 Å². The first kappa shape index (κ1) is 19.8. The highest BCUT2D eigenvalue weighted by molar-refractivity contribution is 5.91. The Hall–Kier alpha value is -2.52. The lowest BCUT2D eigenvalue weighted by molar-refractivity contribution is 0.0117. The zero-order chi connectivity index (χ0) is 19.9. The third kappa shape index (κ3) is 5.51. The van der Waals surface area contributed by atoms with Gasteiger partial charge in [0, 0.05) is 51.7 Å². The van der Waals surface area contributed by atoms with Crippen molar-refractivity contribution < 1.29 is 13.9 Å². The Morgan fingerprint density at radius 3 is 2.76 bits per heavy atom. The summed E-state index contributed by atoms with van der Waals surface area (Å²) in [5.41, 5.74) is 0.334. The lowest BCUT2D eigenvalue weighted by Crippen LogP contribution is -2.46. The molecule has 0 aromatic carbocycles. The second kappa shape index (κ2) is 9.80. The molecular formula is C20H28N6O3. The Balaban J connectivity index is 1.19. The number of piperazine rings is 1. The van der Waals surface area contributed by atoms with Crippen LogP contribution in [0.3, 0.4) is 0 Å². The molecule has 2 saturated heterocycles. The maximum Gasteiger partial charge on any atom is 0.273 e. The van der Waals surface area contributed by atoms with Gasteiger partial charge in [-0.25, -0.2) is 15.0 Å². The first-order valence-corrected chi connectivity index (χ1v) is 10.4. The Bertz CT molecular complexity index is 770. The maximum atomic E-state index is 12.3. The van der Waals surface area contributed by atoms with Crippen molar-refractivity contribution in [2.75, 3.05) is 44.2 Å². The van der Waals surface area contributed by atoms with Gasteiger partial charge in [0.15, 0.2) is 5.69 Å². The molecular weight excluding hydrogens is 372 g/mol. The molecule has 1 N–H and O–H groups in total. The second-order valence-electron chi connectivity index (χ2n) is 7.47. The minimum Gasteiger partial charge on any atom is -0.447 e. The number of hydrogen-bond donors (Lipinski definition) is 1. The molecule has 4 heterocycles. The lowest BCUT2D eigenvalue weighted by Gasteiger charge is -2.33. The van der Waals surface area contributed by atoms with Gasteiger partial charge in [-0.1, -0.05) is 0 Å². The summed E-state index contributed by atoms with van der Waals surface area (Å²) in [5, 5.41) is 2.91. The number of anilines is 1. The van der Waals surface area contributed by atoms with Gasteiger partial charge in [0.05, 0.1) is 12.6 Å². The average Bonchev–Trinajstić information content (AvgIpc) is 3.24. The number of nitrogens with one attached hydrogen (secondary N) is 1. The van der Waals surface area contributed by atoms with Crippen LogP contribution < -0.4 is 10.2 Å². The molecule has 4 rings (SSSR count). The quantitative estimate of drug-likeness (QED) is 0.746. The van der Waals surface area contributed by atoms with Crippen molar-refractivity contribution in [2.24, 2.45) is 0 Å². The van der Waals surface area contributed by atoms with Crippen molar-refractivity contribution in [1.82, 2.24) is 25.2 Å². The molecule has 2 aromatic heterocycles. The summed E-state index contributed by atoms with van der Waals surface area (Å²) >= 11 is 0. The van der Waals surface area contributed by atoms with E-state index in [0.29, 0.717) is 24.7 Å². The van der Waals surface area contributed by atoms with Crippen LogP contribution in [0.2, 0.25) is 0 Å². The predicted molar refractivity (Wildman–Crippen MR) is 107 cm³/mol. The van der Waals surface area contributed by atoms with Crippen LogP contribution in [-0.4, -0.2) is 71.2 Å². The monoisotopic (exact) mass is 400 g/mol. The maximum absolute atomic E-state index is 12.3. The SMILES string of the molecule is O=C(NCC[C@@H]1CCCCO1)c1coc(CN2CCN(c3ncccn3)CC2)n1. The molecule has 2 aromatic rings. The van der Waals surface area contributed by atoms with E-state index in [4.69, 9.17) is 9.15 Å². The second-order valence-corrected chi connectivity index (χ2v) is 7.47. The zero-order valence-electron chi connectivity index (χ0n) is 16.6. The van der Waals surface area contributed by atoms with Crippen molar-refractivity contribution in [2.45, 2.75) is 38.3 Å². The molecule has 2 aliphatic heterocycles. The van der Waals surface area contributed by atoms with E-state index >= 15 is 0 Å². The topological polar surface area (TPSA) is 96.6 Å². The molecule has 1 amide bonds. The van der Waals surface area contributed by atoms with E-state index in [9.17, 15) is 4.79 Å². The fourth-order valence-electron chi connectivity index (χ4n) is 3.71. The smallest absolute Gasteiger partial charge is 0.273 e. The van der Waals surface area contributed by atoms with Gasteiger partial charge in [-0.15, -0.1) is 0 Å². The summed E-state index contributed by atoms with van der Waals surface area (Å²) in [6, 6.07) is 1.82. The van der Waals surface area contributed by atoms with E-state index in [-0.39, 0.29) is 12.0 Å². The van der Waals surface area contributed by atoms with Gasteiger partial charge < -0.3 is 19.4 Å². The highest BCUT2D eigenvalue weighted by Gasteiger charge is 2.21. The average molecular weight is 400 g/mol. The van der Waals surface area contributed by atoms with Crippen LogP contribution >= 0.6 is 0 Å². The third-order valence-corrected chi connectivity index (χ3v) is 5.38. The number of oxazole rings is 1. The van der Waals surface area contributed by atoms with Crippen molar-refractivity contribution in [3.8, 4) is 0 Å². The van der Waals surface area contributed by atoms with E-state index in [1.165, 1.54) is 12.7 Å². The molecule has 0 unspecified atom stereocenters. The van der Waals surface area contributed by atoms with Crippen molar-refractivity contribution in [3.63, 3.8) is 0 Å². The van der Waals surface area contributed by atoms with E-state index in [2.05, 4.69) is 30.1 Å². The molecule has 0 aliphatic carbocycles. The van der Waals surface area contributed by atoms with Crippen LogP contribution in [0.15, 0.2) is 29.1 Å². The Labute approximate surface area is 170 Å². The number of hydrogen-bond acceptors (Lipinski definition) is 8. The summed E-state index contributed by atoms with van der Waals surface area (Å²) in [6.07, 6.45) is 9.48. The number of carbonyl (C=O) groups excluding carboxylic acids is 1. The number of amides is 1. The number of ether oxygens (including phenoxy) is 1. The number of aromatic nitrogens is 3. The van der Waals surface area contributed by atoms with Crippen LogP contribution in [0.5, 0.6) is 0 Å². The molecule has 2 aliphatic rings. The van der Waals surface area contributed by atoms with E-state index < -0.39 is 0 Å². The first-order chi connectivity index (χ1) is 14.3. The van der Waals surface area contributed by atoms with Gasteiger partial charge in [-0.3, -0.25) is 9.69 Å². The van der Waals surface area contributed by atoms with E-state index in [0.717, 1.165) is 58.0 Å². The molecule has 2 fully saturated rings. The van der Waals surface area contributed by atoms with Crippen molar-refractivity contribution >= 4 is 11.9 Å². The molecule has 0 bridgehead atoms. The molecule has 0 radical (unpaired) electrons. The molecule has 0 spiro atoms. The van der Waals surface area contributed by atoms with Gasteiger partial charge in [0.2, 0.25) is 11.8 Å². The molecule has 156 valence electrons. The van der Waals surface area contributed by atoms with Crippen LogP contribution in [0.1, 0.15) is 42.1 Å². The normalized spacial score (nSPS) is 20.6. The summed E-state index contributed by atoms with van der Waals surface area (Å²) in [5.74, 6) is 1.14. The molecule has 0 saturated carbocycles. The largest absolute Gasteiger partial charge is 0.447 e. The van der Waals surface area contributed by atoms with Crippen molar-refractivity contribution in [3.05, 3.63) is 36.3 Å². The Kier molecular flexibility index (Phi) is 6.68. The molecule has 9 heteroatoms. The first-order valence-electron chi connectivity index (χ1n) is 10.4. The summed E-state index contributed by atoms with van der Waals surface area (Å²) < 4.78 is 11.2. The third-order valence-electron chi connectivity index (χ3n) is 5.38. The molecule has 1 atom stereocenters. The summed E-state index contributed by atoms with van der Waals surface area (Å²) in [4.78, 5) is 29.7. The van der Waals surface area contributed by atoms with Crippen molar-refractivity contribution in [1.29, 1.82) is 0 Å². The van der Waals surface area contributed by atoms with Crippen LogP contribution in [0.25, 0.3) is 0 Å². The van der Waals surface area contributed by atoms with Crippen LogP contribution in [0, 0.1) is 0 Å². The van der Waals surface area contributed by atoms with Gasteiger partial charge >= 0.3 is 0 Å². The molecule has 9 nitrogen and oxygen atoms in total. The van der Waals surface area contributed by atoms with Crippen LogP contribution in [-0.2, 0) is 11.3 Å². The fraction of sp³-hybridized carbons (Fsp3) is 0.600. The lowest BCUT2D eigenvalue weighted by atomic mass is 10.1. The highest BCUT2D eigenvalue weighted by Crippen LogP contribution is 2.15. The summed E-state index contributed by atoms with van der Waals surface area (Å²) in [6.45, 7) is 5.44. The van der Waals surface area contributed by atoms with Crippen LogP contribution in [0.4, 0.5) is 5.95 Å². The molecule has 29 heavy (non-hydrogen) atoms. The number of rotatable bonds is 7. The zero-order valence-corrected chi connectivity index (χ0v) is 16.6. The van der Waals surface area contributed by atoms with Gasteiger partial charge in [-0.05, 0) is 31.7 Å². The van der Waals surface area contributed by atoms with Gasteiger partial charge in [0.25, 0.3) is 5.91 Å². The van der Waals surface area contributed by atoms with E-state index in [1.807, 2.05) is 6.07 Å². The fourth-order valence-corrected chi connectivity index (χ4v) is 3.71. The number of carbonyl (C=O) groups is 1. The predicted octanol–water partition coefficient (Wildman–Crippen LogP) is 1.48. The summed E-state index contributed by atoms with van der Waals surface area (Å²) in [7, 11) is 0. The minimum atomic E-state index is -0.193. The standard InChI is InChI=1S/C20H28N6O3/c27-19(21-8-5-16-4-1-2-13-28-16)17-15-29-18(24-17)14-25-9-11-26(12-10-25)20-22-6-3-7-23-20/h3,6-7,15-16H,1-2,4-5,8-14H2,(H,21,27)/t16-/m0/s1.